The van der Waals surface area contributed by atoms with Gasteiger partial charge in [-0.2, -0.15) is 0 Å². The van der Waals surface area contributed by atoms with Gasteiger partial charge in [0, 0.05) is 17.1 Å². The molecule has 0 spiro atoms. The molecule has 1 aliphatic rings. The Morgan fingerprint density at radius 3 is 2.59 bits per heavy atom. The number of halogens is 1. The van der Waals surface area contributed by atoms with Gasteiger partial charge in [0.25, 0.3) is 0 Å². The maximum atomic E-state index is 12.7. The van der Waals surface area contributed by atoms with Crippen LogP contribution in [0.25, 0.3) is 0 Å². The van der Waals surface area contributed by atoms with Crippen LogP contribution >= 0.6 is 11.6 Å². The van der Waals surface area contributed by atoms with Crippen molar-refractivity contribution in [3.63, 3.8) is 0 Å². The number of furan rings is 1. The van der Waals surface area contributed by atoms with Gasteiger partial charge in [0.15, 0.2) is 0 Å². The number of benzene rings is 1. The summed E-state index contributed by atoms with van der Waals surface area (Å²) in [6.45, 7) is 1.98. The fourth-order valence-electron chi connectivity index (χ4n) is 2.87. The van der Waals surface area contributed by atoms with Gasteiger partial charge in [0.05, 0.1) is 12.8 Å². The normalized spacial score (nSPS) is 13.9. The first kappa shape index (κ1) is 19.0. The zero-order chi connectivity index (χ0) is 19.4. The Labute approximate surface area is 162 Å². The summed E-state index contributed by atoms with van der Waals surface area (Å²) in [5.74, 6) is -0.0111. The zero-order valence-electron chi connectivity index (χ0n) is 14.9. The number of carbonyl (C=O) groups is 3. The fraction of sp³-hybridized carbons (Fsp3) is 0.316. The molecule has 2 heterocycles. The third-order valence-corrected chi connectivity index (χ3v) is 4.59. The number of hydrogen-bond donors (Lipinski definition) is 0. The Bertz CT molecular complexity index is 820. The molecule has 0 N–H and O–H groups in total. The Balaban J connectivity index is 1.66. The fourth-order valence-corrected chi connectivity index (χ4v) is 3.00. The molecule has 0 saturated carbocycles. The largest absolute Gasteiger partial charge is 0.467 e. The minimum absolute atomic E-state index is 0.0175. The molecule has 0 atom stereocenters. The SMILES string of the molecule is CCC(=O)N(CC(=O)N1CC(=O)N(c2ccc(Cl)cc2)C1)Cc1ccco1. The summed E-state index contributed by atoms with van der Waals surface area (Å²) in [5, 5.41) is 0.574. The van der Waals surface area contributed by atoms with Crippen molar-refractivity contribution in [2.75, 3.05) is 24.7 Å². The Hall–Kier alpha value is -2.80. The highest BCUT2D eigenvalue weighted by Gasteiger charge is 2.33. The van der Waals surface area contributed by atoms with Crippen molar-refractivity contribution in [1.82, 2.24) is 9.80 Å². The molecular weight excluding hydrogens is 370 g/mol. The van der Waals surface area contributed by atoms with Gasteiger partial charge in [-0.05, 0) is 36.4 Å². The lowest BCUT2D eigenvalue weighted by molar-refractivity contribution is -0.140. The predicted molar refractivity (Wildman–Crippen MR) is 99.9 cm³/mol. The molecule has 1 saturated heterocycles. The second kappa shape index (κ2) is 8.26. The summed E-state index contributed by atoms with van der Waals surface area (Å²) in [5.41, 5.74) is 0.678. The first-order chi connectivity index (χ1) is 13.0. The predicted octanol–water partition coefficient (Wildman–Crippen LogP) is 2.50. The van der Waals surface area contributed by atoms with E-state index in [1.165, 1.54) is 21.0 Å². The van der Waals surface area contributed by atoms with Crippen molar-refractivity contribution in [3.8, 4) is 0 Å². The van der Waals surface area contributed by atoms with Crippen molar-refractivity contribution >= 4 is 35.0 Å². The third kappa shape index (κ3) is 4.49. The van der Waals surface area contributed by atoms with Crippen LogP contribution in [-0.2, 0) is 20.9 Å². The number of nitrogens with zero attached hydrogens (tertiary/aromatic N) is 3. The Kier molecular flexibility index (Phi) is 5.81. The summed E-state index contributed by atoms with van der Waals surface area (Å²) in [4.78, 5) is 41.6. The molecule has 8 heteroatoms. The molecule has 7 nitrogen and oxygen atoms in total. The maximum Gasteiger partial charge on any atom is 0.248 e. The first-order valence-electron chi connectivity index (χ1n) is 8.61. The van der Waals surface area contributed by atoms with Crippen LogP contribution in [0.5, 0.6) is 0 Å². The van der Waals surface area contributed by atoms with Crippen LogP contribution in [0.1, 0.15) is 19.1 Å². The Morgan fingerprint density at radius 2 is 1.96 bits per heavy atom. The minimum atomic E-state index is -0.284. The summed E-state index contributed by atoms with van der Waals surface area (Å²) < 4.78 is 5.28. The maximum absolute atomic E-state index is 12.7. The molecule has 2 aromatic rings. The van der Waals surface area contributed by atoms with Gasteiger partial charge >= 0.3 is 0 Å². The van der Waals surface area contributed by atoms with Gasteiger partial charge < -0.3 is 14.2 Å². The molecule has 1 aliphatic heterocycles. The monoisotopic (exact) mass is 389 g/mol. The van der Waals surface area contributed by atoms with Gasteiger partial charge in [-0.15, -0.1) is 0 Å². The molecular formula is C19H20ClN3O4. The molecule has 27 heavy (non-hydrogen) atoms. The van der Waals surface area contributed by atoms with E-state index in [9.17, 15) is 14.4 Å². The van der Waals surface area contributed by atoms with Gasteiger partial charge in [-0.3, -0.25) is 19.3 Å². The van der Waals surface area contributed by atoms with Gasteiger partial charge in [-0.1, -0.05) is 18.5 Å². The summed E-state index contributed by atoms with van der Waals surface area (Å²) in [7, 11) is 0. The first-order valence-corrected chi connectivity index (χ1v) is 8.99. The summed E-state index contributed by atoms with van der Waals surface area (Å²) in [6, 6.07) is 10.3. The van der Waals surface area contributed by atoms with Crippen molar-refractivity contribution in [2.45, 2.75) is 19.9 Å². The topological polar surface area (TPSA) is 74.1 Å². The van der Waals surface area contributed by atoms with Crippen LogP contribution in [0.3, 0.4) is 0 Å². The van der Waals surface area contributed by atoms with Crippen molar-refractivity contribution < 1.29 is 18.8 Å². The van der Waals surface area contributed by atoms with Crippen LogP contribution in [-0.4, -0.2) is 47.3 Å². The standard InChI is InChI=1S/C19H20ClN3O4/c1-2-17(24)21(10-16-4-3-9-27-16)11-18(25)22-12-19(26)23(13-22)15-7-5-14(20)6-8-15/h3-9H,2,10-13H2,1H3. The molecule has 3 rings (SSSR count). The average Bonchev–Trinajstić information content (AvgIpc) is 3.31. The van der Waals surface area contributed by atoms with Crippen molar-refractivity contribution in [1.29, 1.82) is 0 Å². The third-order valence-electron chi connectivity index (χ3n) is 4.34. The lowest BCUT2D eigenvalue weighted by Gasteiger charge is -2.24. The number of anilines is 1. The molecule has 0 aliphatic carbocycles. The molecule has 0 radical (unpaired) electrons. The average molecular weight is 390 g/mol. The van der Waals surface area contributed by atoms with E-state index < -0.39 is 0 Å². The van der Waals surface area contributed by atoms with Crippen LogP contribution in [0.2, 0.25) is 5.02 Å². The molecule has 3 amide bonds. The van der Waals surface area contributed by atoms with E-state index in [1.54, 1.807) is 43.3 Å². The Morgan fingerprint density at radius 1 is 1.22 bits per heavy atom. The van der Waals surface area contributed by atoms with Gasteiger partial charge in [0.2, 0.25) is 17.7 Å². The second-order valence-electron chi connectivity index (χ2n) is 6.21. The molecule has 1 aromatic carbocycles. The molecule has 142 valence electrons. The molecule has 1 aromatic heterocycles. The van der Waals surface area contributed by atoms with Crippen molar-refractivity contribution in [2.24, 2.45) is 0 Å². The number of amides is 3. The lowest BCUT2D eigenvalue weighted by atomic mass is 10.3. The van der Waals surface area contributed by atoms with Crippen LogP contribution < -0.4 is 4.90 Å². The summed E-state index contributed by atoms with van der Waals surface area (Å²) in [6.07, 6.45) is 1.80. The molecule has 0 unspecified atom stereocenters. The highest BCUT2D eigenvalue weighted by atomic mass is 35.5. The van der Waals surface area contributed by atoms with Crippen LogP contribution in [0, 0.1) is 0 Å². The lowest BCUT2D eigenvalue weighted by Crippen LogP contribution is -2.42. The number of carbonyl (C=O) groups excluding carboxylic acids is 3. The highest BCUT2D eigenvalue weighted by molar-refractivity contribution is 6.30. The van der Waals surface area contributed by atoms with Crippen LogP contribution in [0.4, 0.5) is 5.69 Å². The smallest absolute Gasteiger partial charge is 0.248 e. The highest BCUT2D eigenvalue weighted by Crippen LogP contribution is 2.22. The zero-order valence-corrected chi connectivity index (χ0v) is 15.7. The molecule has 0 bridgehead atoms. The van der Waals surface area contributed by atoms with Gasteiger partial charge in [0.1, 0.15) is 25.5 Å². The van der Waals surface area contributed by atoms with E-state index in [0.717, 1.165) is 0 Å². The van der Waals surface area contributed by atoms with E-state index >= 15 is 0 Å². The van der Waals surface area contributed by atoms with Crippen LogP contribution in [0.15, 0.2) is 47.1 Å². The number of rotatable bonds is 6. The van der Waals surface area contributed by atoms with E-state index in [-0.39, 0.29) is 50.4 Å². The van der Waals surface area contributed by atoms with E-state index in [1.807, 2.05) is 0 Å². The van der Waals surface area contributed by atoms with E-state index in [4.69, 9.17) is 16.0 Å². The van der Waals surface area contributed by atoms with E-state index in [2.05, 4.69) is 0 Å². The molecule has 1 fully saturated rings. The summed E-state index contributed by atoms with van der Waals surface area (Å²) >= 11 is 5.88. The van der Waals surface area contributed by atoms with Gasteiger partial charge in [-0.25, -0.2) is 0 Å². The van der Waals surface area contributed by atoms with E-state index in [0.29, 0.717) is 16.5 Å². The second-order valence-corrected chi connectivity index (χ2v) is 6.65. The number of hydrogen-bond acceptors (Lipinski definition) is 4. The quantitative estimate of drug-likeness (QED) is 0.760. The van der Waals surface area contributed by atoms with Crippen molar-refractivity contribution in [3.05, 3.63) is 53.4 Å². The minimum Gasteiger partial charge on any atom is -0.467 e.